The molecule has 0 aromatic rings. The van der Waals surface area contributed by atoms with Gasteiger partial charge in [-0.3, -0.25) is 4.79 Å². The van der Waals surface area contributed by atoms with Crippen LogP contribution in [-0.4, -0.2) is 42.6 Å². The van der Waals surface area contributed by atoms with E-state index in [0.717, 1.165) is 32.4 Å². The van der Waals surface area contributed by atoms with Crippen LogP contribution in [-0.2, 0) is 9.53 Å². The van der Waals surface area contributed by atoms with Gasteiger partial charge in [0.05, 0.1) is 6.10 Å². The van der Waals surface area contributed by atoms with Crippen molar-refractivity contribution in [1.82, 2.24) is 4.90 Å². The van der Waals surface area contributed by atoms with Crippen molar-refractivity contribution in [3.63, 3.8) is 0 Å². The van der Waals surface area contributed by atoms with Crippen LogP contribution < -0.4 is 5.73 Å². The van der Waals surface area contributed by atoms with E-state index in [1.165, 1.54) is 19.3 Å². The van der Waals surface area contributed by atoms with Crippen LogP contribution in [0.2, 0.25) is 0 Å². The van der Waals surface area contributed by atoms with Gasteiger partial charge in [0.1, 0.15) is 6.61 Å². The molecule has 0 aromatic carbocycles. The number of nitrogens with two attached hydrogens (primary N) is 1. The van der Waals surface area contributed by atoms with Gasteiger partial charge in [-0.25, -0.2) is 0 Å². The Balaban J connectivity index is 1.76. The molecular weight excluding hydrogens is 252 g/mol. The Bertz CT molecular complexity index is 320. The van der Waals surface area contributed by atoms with Gasteiger partial charge in [0.15, 0.2) is 0 Å². The van der Waals surface area contributed by atoms with E-state index in [1.54, 1.807) is 0 Å². The lowest BCUT2D eigenvalue weighted by molar-refractivity contribution is -0.142. The predicted octanol–water partition coefficient (Wildman–Crippen LogP) is 2.17. The van der Waals surface area contributed by atoms with Gasteiger partial charge in [0, 0.05) is 19.1 Å². The minimum Gasteiger partial charge on any atom is -0.368 e. The van der Waals surface area contributed by atoms with Crippen LogP contribution >= 0.6 is 0 Å². The summed E-state index contributed by atoms with van der Waals surface area (Å²) in [4.78, 5) is 14.2. The average molecular weight is 282 g/mol. The molecule has 2 fully saturated rings. The summed E-state index contributed by atoms with van der Waals surface area (Å²) in [7, 11) is 0. The van der Waals surface area contributed by atoms with Crippen molar-refractivity contribution < 1.29 is 9.53 Å². The van der Waals surface area contributed by atoms with E-state index in [1.807, 2.05) is 11.8 Å². The summed E-state index contributed by atoms with van der Waals surface area (Å²) in [6, 6.07) is 0.171. The van der Waals surface area contributed by atoms with Crippen molar-refractivity contribution >= 4 is 5.91 Å². The molecule has 20 heavy (non-hydrogen) atoms. The first kappa shape index (κ1) is 15.8. The Morgan fingerprint density at radius 3 is 2.75 bits per heavy atom. The third-order valence-electron chi connectivity index (χ3n) is 5.01. The fourth-order valence-electron chi connectivity index (χ4n) is 3.47. The number of amides is 1. The Hall–Kier alpha value is -0.610. The SMILES string of the molecule is C[C@H](N)[C@@H]1CCCN(C(=O)CO[C@H]2CCCC[C@@H]2C)C1. The van der Waals surface area contributed by atoms with Gasteiger partial charge < -0.3 is 15.4 Å². The van der Waals surface area contributed by atoms with Crippen LogP contribution in [0.15, 0.2) is 0 Å². The van der Waals surface area contributed by atoms with Crippen LogP contribution in [0, 0.1) is 11.8 Å². The minimum atomic E-state index is 0.146. The van der Waals surface area contributed by atoms with E-state index in [9.17, 15) is 4.79 Å². The van der Waals surface area contributed by atoms with Crippen molar-refractivity contribution in [3.05, 3.63) is 0 Å². The van der Waals surface area contributed by atoms with Gasteiger partial charge >= 0.3 is 0 Å². The van der Waals surface area contributed by atoms with Crippen molar-refractivity contribution in [1.29, 1.82) is 0 Å². The number of hydrogen-bond donors (Lipinski definition) is 1. The molecule has 4 nitrogen and oxygen atoms in total. The quantitative estimate of drug-likeness (QED) is 0.859. The van der Waals surface area contributed by atoms with E-state index in [0.29, 0.717) is 11.8 Å². The topological polar surface area (TPSA) is 55.6 Å². The summed E-state index contributed by atoms with van der Waals surface area (Å²) < 4.78 is 5.88. The molecule has 4 heteroatoms. The monoisotopic (exact) mass is 282 g/mol. The number of hydrogen-bond acceptors (Lipinski definition) is 3. The van der Waals surface area contributed by atoms with Crippen molar-refractivity contribution in [2.75, 3.05) is 19.7 Å². The Morgan fingerprint density at radius 2 is 2.05 bits per heavy atom. The molecule has 0 aromatic heterocycles. The third kappa shape index (κ3) is 4.19. The van der Waals surface area contributed by atoms with E-state index >= 15 is 0 Å². The molecule has 116 valence electrons. The first-order valence-corrected chi connectivity index (χ1v) is 8.23. The molecule has 1 saturated carbocycles. The molecule has 1 aliphatic heterocycles. The molecule has 4 atom stereocenters. The van der Waals surface area contributed by atoms with E-state index in [4.69, 9.17) is 10.5 Å². The van der Waals surface area contributed by atoms with Gasteiger partial charge in [-0.05, 0) is 44.4 Å². The van der Waals surface area contributed by atoms with E-state index < -0.39 is 0 Å². The third-order valence-corrected chi connectivity index (χ3v) is 5.01. The highest BCUT2D eigenvalue weighted by atomic mass is 16.5. The van der Waals surface area contributed by atoms with Gasteiger partial charge in [0.2, 0.25) is 5.91 Å². The number of rotatable bonds is 4. The number of nitrogens with zero attached hydrogens (tertiary/aromatic N) is 1. The molecule has 1 saturated heterocycles. The zero-order valence-electron chi connectivity index (χ0n) is 13.0. The average Bonchev–Trinajstić information content (AvgIpc) is 2.46. The molecule has 0 spiro atoms. The lowest BCUT2D eigenvalue weighted by Gasteiger charge is -2.35. The van der Waals surface area contributed by atoms with Gasteiger partial charge in [-0.1, -0.05) is 19.8 Å². The molecule has 0 radical (unpaired) electrons. The van der Waals surface area contributed by atoms with Crippen LogP contribution in [0.5, 0.6) is 0 Å². The molecule has 2 N–H and O–H groups in total. The summed E-state index contributed by atoms with van der Waals surface area (Å²) in [5.41, 5.74) is 5.97. The number of piperidine rings is 1. The number of carbonyl (C=O) groups is 1. The highest BCUT2D eigenvalue weighted by molar-refractivity contribution is 5.77. The van der Waals surface area contributed by atoms with Crippen LogP contribution in [0.4, 0.5) is 0 Å². The van der Waals surface area contributed by atoms with E-state index in [2.05, 4.69) is 6.92 Å². The summed E-state index contributed by atoms with van der Waals surface area (Å²) in [6.45, 7) is 6.20. The van der Waals surface area contributed by atoms with Crippen LogP contribution in [0.3, 0.4) is 0 Å². The van der Waals surface area contributed by atoms with E-state index in [-0.39, 0.29) is 24.7 Å². The zero-order valence-corrected chi connectivity index (χ0v) is 13.0. The number of likely N-dealkylation sites (tertiary alicyclic amines) is 1. The first-order valence-electron chi connectivity index (χ1n) is 8.23. The summed E-state index contributed by atoms with van der Waals surface area (Å²) >= 11 is 0. The Morgan fingerprint density at radius 1 is 1.30 bits per heavy atom. The second kappa shape index (κ2) is 7.41. The van der Waals surface area contributed by atoms with Gasteiger partial charge in [-0.15, -0.1) is 0 Å². The van der Waals surface area contributed by atoms with Crippen molar-refractivity contribution in [3.8, 4) is 0 Å². The minimum absolute atomic E-state index is 0.146. The summed E-state index contributed by atoms with van der Waals surface area (Å²) in [5.74, 6) is 1.18. The molecule has 2 aliphatic rings. The second-order valence-corrected chi connectivity index (χ2v) is 6.71. The van der Waals surface area contributed by atoms with Crippen molar-refractivity contribution in [2.24, 2.45) is 17.6 Å². The molecule has 1 amide bonds. The lowest BCUT2D eigenvalue weighted by atomic mass is 9.88. The number of ether oxygens (including phenoxy) is 1. The fourth-order valence-corrected chi connectivity index (χ4v) is 3.47. The largest absolute Gasteiger partial charge is 0.368 e. The molecule has 0 bridgehead atoms. The molecular formula is C16H30N2O2. The van der Waals surface area contributed by atoms with Crippen molar-refractivity contribution in [2.45, 2.75) is 64.5 Å². The van der Waals surface area contributed by atoms with Crippen LogP contribution in [0.1, 0.15) is 52.4 Å². The number of carbonyl (C=O) groups excluding carboxylic acids is 1. The van der Waals surface area contributed by atoms with Gasteiger partial charge in [0.25, 0.3) is 0 Å². The normalized spacial score (nSPS) is 33.0. The second-order valence-electron chi connectivity index (χ2n) is 6.71. The maximum Gasteiger partial charge on any atom is 0.248 e. The molecule has 0 unspecified atom stereocenters. The highest BCUT2D eigenvalue weighted by Crippen LogP contribution is 2.26. The maximum atomic E-state index is 12.3. The summed E-state index contributed by atoms with van der Waals surface area (Å²) in [5, 5.41) is 0. The smallest absolute Gasteiger partial charge is 0.248 e. The van der Waals surface area contributed by atoms with Gasteiger partial charge in [-0.2, -0.15) is 0 Å². The highest BCUT2D eigenvalue weighted by Gasteiger charge is 2.27. The fraction of sp³-hybridized carbons (Fsp3) is 0.938. The molecule has 1 heterocycles. The predicted molar refractivity (Wildman–Crippen MR) is 80.3 cm³/mol. The molecule has 1 aliphatic carbocycles. The Labute approximate surface area is 123 Å². The zero-order chi connectivity index (χ0) is 14.5. The molecule has 2 rings (SSSR count). The maximum absolute atomic E-state index is 12.3. The van der Waals surface area contributed by atoms with Crippen LogP contribution in [0.25, 0.3) is 0 Å². The lowest BCUT2D eigenvalue weighted by Crippen LogP contribution is -2.46. The Kier molecular flexibility index (Phi) is 5.85. The first-order chi connectivity index (χ1) is 9.58. The standard InChI is InChI=1S/C16H30N2O2/c1-12-6-3-4-8-15(12)20-11-16(19)18-9-5-7-14(10-18)13(2)17/h12-15H,3-11,17H2,1-2H3/t12-,13-,14+,15-/m0/s1. The summed E-state index contributed by atoms with van der Waals surface area (Å²) in [6.07, 6.45) is 7.37.